The number of anilines is 2. The van der Waals surface area contributed by atoms with Crippen molar-refractivity contribution in [3.8, 4) is 11.5 Å². The van der Waals surface area contributed by atoms with Crippen LogP contribution in [0.3, 0.4) is 0 Å². The van der Waals surface area contributed by atoms with Crippen molar-refractivity contribution in [2.24, 2.45) is 0 Å². The third-order valence-electron chi connectivity index (χ3n) is 4.95. The fourth-order valence-corrected chi connectivity index (χ4v) is 3.44. The number of imide groups is 1. The van der Waals surface area contributed by atoms with E-state index in [1.165, 1.54) is 0 Å². The van der Waals surface area contributed by atoms with E-state index < -0.39 is 11.8 Å². The monoisotopic (exact) mass is 432 g/mol. The summed E-state index contributed by atoms with van der Waals surface area (Å²) in [6.07, 6.45) is 0. The number of hydrogen-bond donors (Lipinski definition) is 1. The van der Waals surface area contributed by atoms with Gasteiger partial charge in [-0.3, -0.25) is 9.59 Å². The zero-order chi connectivity index (χ0) is 22.0. The number of halogens is 1. The van der Waals surface area contributed by atoms with Crippen molar-refractivity contribution in [3.63, 3.8) is 0 Å². The summed E-state index contributed by atoms with van der Waals surface area (Å²) < 4.78 is 5.77. The molecule has 0 aliphatic carbocycles. The largest absolute Gasteiger partial charge is 0.457 e. The molecule has 1 aliphatic rings. The van der Waals surface area contributed by atoms with Crippen molar-refractivity contribution in [2.75, 3.05) is 10.2 Å². The molecule has 0 aromatic heterocycles. The lowest BCUT2D eigenvalue weighted by Crippen LogP contribution is -2.32. The van der Waals surface area contributed by atoms with Crippen LogP contribution in [0, 0.1) is 0 Å². The van der Waals surface area contributed by atoms with Gasteiger partial charge in [-0.05, 0) is 60.0 Å². The molecule has 3 aromatic carbocycles. The van der Waals surface area contributed by atoms with Crippen molar-refractivity contribution in [2.45, 2.75) is 19.8 Å². The number of carbonyl (C=O) groups excluding carboxylic acids is 2. The summed E-state index contributed by atoms with van der Waals surface area (Å²) in [4.78, 5) is 26.7. The van der Waals surface area contributed by atoms with E-state index in [9.17, 15) is 9.59 Å². The summed E-state index contributed by atoms with van der Waals surface area (Å²) in [6.45, 7) is 4.16. The summed E-state index contributed by atoms with van der Waals surface area (Å²) in [5.41, 5.74) is 2.28. The molecule has 1 heterocycles. The summed E-state index contributed by atoms with van der Waals surface area (Å²) in [7, 11) is 0. The molecule has 0 bridgehead atoms. The first-order chi connectivity index (χ1) is 14.9. The first kappa shape index (κ1) is 20.7. The number of carbonyl (C=O) groups is 2. The van der Waals surface area contributed by atoms with Gasteiger partial charge in [0.2, 0.25) is 0 Å². The molecule has 0 saturated carbocycles. The highest BCUT2D eigenvalue weighted by Crippen LogP contribution is 2.31. The maximum atomic E-state index is 12.9. The van der Waals surface area contributed by atoms with Gasteiger partial charge in [-0.2, -0.15) is 0 Å². The lowest BCUT2D eigenvalue weighted by molar-refractivity contribution is -0.120. The second-order valence-electron chi connectivity index (χ2n) is 7.45. The van der Waals surface area contributed by atoms with Gasteiger partial charge in [-0.1, -0.05) is 55.8 Å². The van der Waals surface area contributed by atoms with Crippen LogP contribution in [0.2, 0.25) is 0 Å². The lowest BCUT2D eigenvalue weighted by Gasteiger charge is -2.16. The highest BCUT2D eigenvalue weighted by molar-refractivity contribution is 6.53. The van der Waals surface area contributed by atoms with Crippen LogP contribution in [0.4, 0.5) is 11.4 Å². The molecule has 31 heavy (non-hydrogen) atoms. The summed E-state index contributed by atoms with van der Waals surface area (Å²) >= 11 is 6.22. The molecule has 5 nitrogen and oxygen atoms in total. The normalized spacial score (nSPS) is 13.9. The van der Waals surface area contributed by atoms with Gasteiger partial charge in [0.1, 0.15) is 22.2 Å². The number of hydrogen-bond acceptors (Lipinski definition) is 4. The maximum absolute atomic E-state index is 12.9. The number of nitrogens with one attached hydrogen (secondary N) is 1. The van der Waals surface area contributed by atoms with E-state index in [0.717, 1.165) is 16.2 Å². The molecule has 0 radical (unpaired) electrons. The van der Waals surface area contributed by atoms with E-state index in [2.05, 4.69) is 19.2 Å². The van der Waals surface area contributed by atoms with Crippen LogP contribution in [0.25, 0.3) is 0 Å². The fourth-order valence-electron chi connectivity index (χ4n) is 3.23. The minimum absolute atomic E-state index is 0.0522. The molecule has 3 aromatic rings. The van der Waals surface area contributed by atoms with E-state index in [0.29, 0.717) is 23.0 Å². The lowest BCUT2D eigenvalue weighted by atomic mass is 10.0. The second-order valence-corrected chi connectivity index (χ2v) is 7.82. The number of ether oxygens (including phenoxy) is 1. The number of para-hydroxylation sites is 1. The minimum Gasteiger partial charge on any atom is -0.457 e. The predicted octanol–water partition coefficient (Wildman–Crippen LogP) is 6.04. The van der Waals surface area contributed by atoms with Crippen LogP contribution in [0.1, 0.15) is 25.3 Å². The van der Waals surface area contributed by atoms with Crippen molar-refractivity contribution < 1.29 is 14.3 Å². The average Bonchev–Trinajstić information content (AvgIpc) is 2.99. The van der Waals surface area contributed by atoms with E-state index >= 15 is 0 Å². The molecule has 0 saturated heterocycles. The van der Waals surface area contributed by atoms with Gasteiger partial charge in [0, 0.05) is 5.69 Å². The van der Waals surface area contributed by atoms with Gasteiger partial charge in [0.15, 0.2) is 0 Å². The SMILES string of the molecule is CC(C)c1ccc(N2C(=O)C(Cl)=C(Nc3ccc(Oc4ccccc4)cc3)C2=O)cc1. The molecule has 0 fully saturated rings. The molecule has 0 unspecified atom stereocenters. The Labute approximate surface area is 185 Å². The van der Waals surface area contributed by atoms with Crippen molar-refractivity contribution in [3.05, 3.63) is 95.2 Å². The van der Waals surface area contributed by atoms with Gasteiger partial charge < -0.3 is 10.1 Å². The van der Waals surface area contributed by atoms with Gasteiger partial charge in [-0.25, -0.2) is 4.90 Å². The third-order valence-corrected chi connectivity index (χ3v) is 5.30. The van der Waals surface area contributed by atoms with Crippen LogP contribution < -0.4 is 15.0 Å². The Morgan fingerprint density at radius 2 is 1.42 bits per heavy atom. The Morgan fingerprint density at radius 1 is 0.806 bits per heavy atom. The fraction of sp³-hybridized carbons (Fsp3) is 0.120. The zero-order valence-corrected chi connectivity index (χ0v) is 17.9. The van der Waals surface area contributed by atoms with E-state index in [4.69, 9.17) is 16.3 Å². The number of amides is 2. The molecule has 0 atom stereocenters. The van der Waals surface area contributed by atoms with Crippen LogP contribution in [0.15, 0.2) is 89.6 Å². The Bertz CT molecular complexity index is 1140. The van der Waals surface area contributed by atoms with E-state index in [-0.39, 0.29) is 10.7 Å². The molecule has 1 aliphatic heterocycles. The molecule has 6 heteroatoms. The smallest absolute Gasteiger partial charge is 0.283 e. The first-order valence-electron chi connectivity index (χ1n) is 9.92. The van der Waals surface area contributed by atoms with Gasteiger partial charge in [0.05, 0.1) is 5.69 Å². The summed E-state index contributed by atoms with van der Waals surface area (Å²) in [5.74, 6) is 0.696. The molecule has 1 N–H and O–H groups in total. The highest BCUT2D eigenvalue weighted by atomic mass is 35.5. The van der Waals surface area contributed by atoms with Gasteiger partial charge in [0.25, 0.3) is 11.8 Å². The average molecular weight is 433 g/mol. The van der Waals surface area contributed by atoms with Crippen molar-refractivity contribution in [1.82, 2.24) is 0 Å². The Kier molecular flexibility index (Phi) is 5.78. The van der Waals surface area contributed by atoms with E-state index in [1.807, 2.05) is 42.5 Å². The van der Waals surface area contributed by atoms with E-state index in [1.54, 1.807) is 36.4 Å². The van der Waals surface area contributed by atoms with Crippen molar-refractivity contribution >= 4 is 34.8 Å². The molecule has 2 amide bonds. The summed E-state index contributed by atoms with van der Waals surface area (Å²) in [5, 5.41) is 2.83. The van der Waals surface area contributed by atoms with Crippen LogP contribution in [-0.2, 0) is 9.59 Å². The highest BCUT2D eigenvalue weighted by Gasteiger charge is 2.38. The third kappa shape index (κ3) is 4.32. The number of rotatable bonds is 6. The molecular formula is C25H21ClN2O3. The van der Waals surface area contributed by atoms with Crippen molar-refractivity contribution in [1.29, 1.82) is 0 Å². The number of benzene rings is 3. The quantitative estimate of drug-likeness (QED) is 0.482. The predicted molar refractivity (Wildman–Crippen MR) is 122 cm³/mol. The molecular weight excluding hydrogens is 412 g/mol. The van der Waals surface area contributed by atoms with Crippen LogP contribution in [-0.4, -0.2) is 11.8 Å². The molecule has 4 rings (SSSR count). The first-order valence-corrected chi connectivity index (χ1v) is 10.3. The molecule has 156 valence electrons. The second kappa shape index (κ2) is 8.66. The van der Waals surface area contributed by atoms with Gasteiger partial charge in [-0.15, -0.1) is 0 Å². The maximum Gasteiger partial charge on any atom is 0.283 e. The standard InChI is InChI=1S/C25H21ClN2O3/c1-16(2)17-8-12-19(13-9-17)28-24(29)22(26)23(25(28)30)27-18-10-14-21(15-11-18)31-20-6-4-3-5-7-20/h3-16,27H,1-2H3. The Morgan fingerprint density at radius 3 is 2.03 bits per heavy atom. The Balaban J connectivity index is 1.49. The number of nitrogens with zero attached hydrogens (tertiary/aromatic N) is 1. The summed E-state index contributed by atoms with van der Waals surface area (Å²) in [6, 6.07) is 23.8. The zero-order valence-electron chi connectivity index (χ0n) is 17.1. The van der Waals surface area contributed by atoms with Crippen LogP contribution >= 0.6 is 11.6 Å². The molecule has 0 spiro atoms. The minimum atomic E-state index is -0.546. The Hall–Kier alpha value is -3.57. The van der Waals surface area contributed by atoms with Crippen LogP contribution in [0.5, 0.6) is 11.5 Å². The van der Waals surface area contributed by atoms with Gasteiger partial charge >= 0.3 is 0 Å². The topological polar surface area (TPSA) is 58.6 Å².